The van der Waals surface area contributed by atoms with Gasteiger partial charge >= 0.3 is 0 Å². The molecule has 0 amide bonds. The third-order valence-electron chi connectivity index (χ3n) is 6.27. The van der Waals surface area contributed by atoms with Crippen LogP contribution in [0.4, 0.5) is 0 Å². The van der Waals surface area contributed by atoms with Crippen molar-refractivity contribution in [3.63, 3.8) is 0 Å². The number of pyridine rings is 1. The van der Waals surface area contributed by atoms with Crippen LogP contribution in [0.3, 0.4) is 0 Å². The highest BCUT2D eigenvalue weighted by Crippen LogP contribution is 2.30. The summed E-state index contributed by atoms with van der Waals surface area (Å²) < 4.78 is 8.02. The Kier molecular flexibility index (Phi) is 4.94. The summed E-state index contributed by atoms with van der Waals surface area (Å²) in [4.78, 5) is 13.8. The number of benzene rings is 2. The molecule has 2 aromatic carbocycles. The van der Waals surface area contributed by atoms with E-state index in [1.807, 2.05) is 34.9 Å². The van der Waals surface area contributed by atoms with Gasteiger partial charge in [-0.1, -0.05) is 48.5 Å². The van der Waals surface area contributed by atoms with E-state index in [1.54, 1.807) is 11.0 Å². The SMILES string of the molecule is O=c1cccc2n1C[C@@H]1C[C@H]2C[NH+](Cc2cccc(OCc3ccccc3)c2)C1. The Hall–Kier alpha value is -2.85. The van der Waals surface area contributed by atoms with Crippen molar-refractivity contribution in [1.82, 2.24) is 4.57 Å². The zero-order valence-electron chi connectivity index (χ0n) is 16.6. The molecule has 3 heterocycles. The molecule has 1 saturated heterocycles. The van der Waals surface area contributed by atoms with Crippen molar-refractivity contribution in [2.75, 3.05) is 13.1 Å². The summed E-state index contributed by atoms with van der Waals surface area (Å²) in [6.45, 7) is 4.69. The monoisotopic (exact) mass is 387 g/mol. The van der Waals surface area contributed by atoms with E-state index >= 15 is 0 Å². The number of aromatic nitrogens is 1. The molecule has 148 valence electrons. The van der Waals surface area contributed by atoms with Crippen LogP contribution in [0.2, 0.25) is 0 Å². The highest BCUT2D eigenvalue weighted by molar-refractivity contribution is 5.28. The van der Waals surface area contributed by atoms with Crippen molar-refractivity contribution in [2.45, 2.75) is 32.0 Å². The van der Waals surface area contributed by atoms with Gasteiger partial charge < -0.3 is 14.2 Å². The Morgan fingerprint density at radius 2 is 1.76 bits per heavy atom. The minimum Gasteiger partial charge on any atom is -0.489 e. The van der Waals surface area contributed by atoms with Gasteiger partial charge in [0, 0.05) is 35.7 Å². The van der Waals surface area contributed by atoms with Crippen molar-refractivity contribution in [1.29, 1.82) is 0 Å². The van der Waals surface area contributed by atoms with Crippen LogP contribution in [0.5, 0.6) is 5.75 Å². The Bertz CT molecular complexity index is 1040. The second-order valence-corrected chi connectivity index (χ2v) is 8.45. The Labute approximate surface area is 171 Å². The van der Waals surface area contributed by atoms with Crippen LogP contribution in [0, 0.1) is 5.92 Å². The quantitative estimate of drug-likeness (QED) is 0.731. The van der Waals surface area contributed by atoms with Gasteiger partial charge in [0.05, 0.1) is 13.1 Å². The maximum Gasteiger partial charge on any atom is 0.250 e. The number of nitrogens with zero attached hydrogens (tertiary/aromatic N) is 1. The molecular weight excluding hydrogens is 360 g/mol. The molecule has 0 aliphatic carbocycles. The molecule has 1 unspecified atom stereocenters. The van der Waals surface area contributed by atoms with Crippen molar-refractivity contribution in [2.24, 2.45) is 5.92 Å². The van der Waals surface area contributed by atoms with Crippen LogP contribution in [-0.2, 0) is 19.7 Å². The first-order valence-corrected chi connectivity index (χ1v) is 10.5. The van der Waals surface area contributed by atoms with E-state index in [9.17, 15) is 4.79 Å². The van der Waals surface area contributed by atoms with Crippen molar-refractivity contribution in [3.05, 3.63) is 100.0 Å². The molecule has 4 nitrogen and oxygen atoms in total. The molecule has 0 radical (unpaired) electrons. The summed E-state index contributed by atoms with van der Waals surface area (Å²) >= 11 is 0. The highest BCUT2D eigenvalue weighted by Gasteiger charge is 2.37. The van der Waals surface area contributed by atoms with Crippen molar-refractivity contribution >= 4 is 0 Å². The summed E-state index contributed by atoms with van der Waals surface area (Å²) in [5.74, 6) is 2.01. The standard InChI is InChI=1S/C25H26N2O2/c28-25-11-5-10-24-22-12-21(16-27(24)25)15-26(17-22)14-20-8-4-9-23(13-20)29-18-19-6-2-1-3-7-19/h1-11,13,21-22H,12,14-18H2/p+1/t21-,22+/m1/s1. The number of quaternary nitrogens is 1. The molecule has 2 bridgehead atoms. The Morgan fingerprint density at radius 3 is 2.66 bits per heavy atom. The summed E-state index contributed by atoms with van der Waals surface area (Å²) in [5, 5.41) is 0. The predicted octanol–water partition coefficient (Wildman–Crippen LogP) is 2.63. The summed E-state index contributed by atoms with van der Waals surface area (Å²) in [6, 6.07) is 24.5. The van der Waals surface area contributed by atoms with Crippen LogP contribution in [0.25, 0.3) is 0 Å². The number of likely N-dealkylation sites (tertiary alicyclic amines) is 1. The lowest BCUT2D eigenvalue weighted by Gasteiger charge is -2.40. The number of piperidine rings is 1. The molecule has 4 heteroatoms. The molecular formula is C25H27N2O2+. The van der Waals surface area contributed by atoms with Crippen LogP contribution < -0.4 is 15.2 Å². The molecule has 0 saturated carbocycles. The van der Waals surface area contributed by atoms with Crippen LogP contribution >= 0.6 is 0 Å². The largest absolute Gasteiger partial charge is 0.489 e. The lowest BCUT2D eigenvalue weighted by atomic mass is 9.83. The molecule has 2 aliphatic rings. The minimum atomic E-state index is 0.156. The lowest BCUT2D eigenvalue weighted by Crippen LogP contribution is -3.13. The van der Waals surface area contributed by atoms with Crippen molar-refractivity contribution in [3.8, 4) is 5.75 Å². The lowest BCUT2D eigenvalue weighted by molar-refractivity contribution is -0.924. The molecule has 0 spiro atoms. The first-order chi connectivity index (χ1) is 14.2. The number of nitrogens with one attached hydrogen (secondary N) is 1. The molecule has 3 aromatic rings. The third-order valence-corrected chi connectivity index (χ3v) is 6.27. The first kappa shape index (κ1) is 18.2. The van der Waals surface area contributed by atoms with Gasteiger partial charge in [0.1, 0.15) is 18.9 Å². The molecule has 1 N–H and O–H groups in total. The minimum absolute atomic E-state index is 0.156. The van der Waals surface area contributed by atoms with E-state index in [4.69, 9.17) is 4.74 Å². The molecule has 1 fully saturated rings. The third kappa shape index (κ3) is 3.99. The zero-order chi connectivity index (χ0) is 19.6. The fourth-order valence-corrected chi connectivity index (χ4v) is 5.04. The fraction of sp³-hybridized carbons (Fsp3) is 0.320. The Balaban J connectivity index is 1.26. The van der Waals surface area contributed by atoms with Crippen LogP contribution in [-0.4, -0.2) is 17.7 Å². The molecule has 2 aliphatic heterocycles. The number of fused-ring (bicyclic) bond motifs is 4. The van der Waals surface area contributed by atoms with E-state index in [0.717, 1.165) is 31.9 Å². The van der Waals surface area contributed by atoms with E-state index in [1.165, 1.54) is 23.2 Å². The fourth-order valence-electron chi connectivity index (χ4n) is 5.04. The summed E-state index contributed by atoms with van der Waals surface area (Å²) in [6.07, 6.45) is 1.22. The normalized spacial score (nSPS) is 22.7. The second-order valence-electron chi connectivity index (χ2n) is 8.45. The molecule has 3 atom stereocenters. The van der Waals surface area contributed by atoms with Gasteiger partial charge in [-0.05, 0) is 30.2 Å². The maximum absolute atomic E-state index is 12.2. The second kappa shape index (κ2) is 7.88. The number of rotatable bonds is 5. The van der Waals surface area contributed by atoms with Gasteiger partial charge in [-0.2, -0.15) is 0 Å². The maximum atomic E-state index is 12.2. The van der Waals surface area contributed by atoms with E-state index in [0.29, 0.717) is 18.4 Å². The number of hydrogen-bond donors (Lipinski definition) is 1. The van der Waals surface area contributed by atoms with E-state index < -0.39 is 0 Å². The van der Waals surface area contributed by atoms with E-state index in [-0.39, 0.29) is 5.56 Å². The Morgan fingerprint density at radius 1 is 0.931 bits per heavy atom. The average molecular weight is 388 g/mol. The summed E-state index contributed by atoms with van der Waals surface area (Å²) in [7, 11) is 0. The first-order valence-electron chi connectivity index (χ1n) is 10.5. The van der Waals surface area contributed by atoms with Gasteiger partial charge in [0.25, 0.3) is 5.56 Å². The van der Waals surface area contributed by atoms with Crippen molar-refractivity contribution < 1.29 is 9.64 Å². The number of hydrogen-bond acceptors (Lipinski definition) is 2. The highest BCUT2D eigenvalue weighted by atomic mass is 16.5. The smallest absolute Gasteiger partial charge is 0.250 e. The number of ether oxygens (including phenoxy) is 1. The zero-order valence-corrected chi connectivity index (χ0v) is 16.6. The van der Waals surface area contributed by atoms with Gasteiger partial charge in [-0.3, -0.25) is 4.79 Å². The average Bonchev–Trinajstić information content (AvgIpc) is 2.74. The summed E-state index contributed by atoms with van der Waals surface area (Å²) in [5.41, 5.74) is 3.88. The van der Waals surface area contributed by atoms with E-state index in [2.05, 4.69) is 36.4 Å². The molecule has 29 heavy (non-hydrogen) atoms. The molecule has 5 rings (SSSR count). The predicted molar refractivity (Wildman–Crippen MR) is 113 cm³/mol. The van der Waals surface area contributed by atoms with Gasteiger partial charge in [0.2, 0.25) is 0 Å². The van der Waals surface area contributed by atoms with Crippen LogP contribution in [0.15, 0.2) is 77.6 Å². The van der Waals surface area contributed by atoms with Gasteiger partial charge in [-0.25, -0.2) is 0 Å². The van der Waals surface area contributed by atoms with Gasteiger partial charge in [0.15, 0.2) is 0 Å². The topological polar surface area (TPSA) is 35.7 Å². The molecule has 1 aromatic heterocycles. The van der Waals surface area contributed by atoms with Crippen LogP contribution in [0.1, 0.15) is 29.2 Å². The van der Waals surface area contributed by atoms with Gasteiger partial charge in [-0.15, -0.1) is 0 Å².